The number of amides is 1. The van der Waals surface area contributed by atoms with Gasteiger partial charge in [-0.1, -0.05) is 29.8 Å². The van der Waals surface area contributed by atoms with E-state index < -0.39 is 0 Å². The summed E-state index contributed by atoms with van der Waals surface area (Å²) in [6.07, 6.45) is 1.78. The van der Waals surface area contributed by atoms with Gasteiger partial charge in [0.25, 0.3) is 0 Å². The lowest BCUT2D eigenvalue weighted by molar-refractivity contribution is -0.135. The van der Waals surface area contributed by atoms with E-state index in [1.807, 2.05) is 53.1 Å². The number of pyridine rings is 1. The molecular formula is C20H25ClIN5O. The van der Waals surface area contributed by atoms with Gasteiger partial charge in [0.05, 0.1) is 18.8 Å². The lowest BCUT2D eigenvalue weighted by atomic mass is 10.2. The second kappa shape index (κ2) is 10.6. The number of nitrogens with one attached hydrogen (secondary N) is 1. The Kier molecular flexibility index (Phi) is 8.50. The van der Waals surface area contributed by atoms with Gasteiger partial charge in [0, 0.05) is 37.9 Å². The van der Waals surface area contributed by atoms with Crippen molar-refractivity contribution in [3.8, 4) is 0 Å². The summed E-state index contributed by atoms with van der Waals surface area (Å²) in [6, 6.07) is 11.6. The number of hydrogen-bond acceptors (Lipinski definition) is 3. The maximum absolute atomic E-state index is 12.6. The van der Waals surface area contributed by atoms with Crippen LogP contribution in [0.25, 0.3) is 0 Å². The third kappa shape index (κ3) is 5.81. The fraction of sp³-hybridized carbons (Fsp3) is 0.350. The maximum atomic E-state index is 12.6. The van der Waals surface area contributed by atoms with E-state index in [1.54, 1.807) is 13.2 Å². The van der Waals surface area contributed by atoms with Crippen molar-refractivity contribution in [3.05, 3.63) is 64.4 Å². The van der Waals surface area contributed by atoms with Crippen LogP contribution in [0.5, 0.6) is 0 Å². The van der Waals surface area contributed by atoms with E-state index in [2.05, 4.69) is 15.3 Å². The minimum Gasteiger partial charge on any atom is -0.351 e. The highest BCUT2D eigenvalue weighted by molar-refractivity contribution is 14.0. The quantitative estimate of drug-likeness (QED) is 0.388. The first-order valence-corrected chi connectivity index (χ1v) is 9.33. The predicted octanol–water partition coefficient (Wildman–Crippen LogP) is 3.08. The molecule has 1 aromatic carbocycles. The van der Waals surface area contributed by atoms with Crippen LogP contribution in [0, 0.1) is 6.92 Å². The van der Waals surface area contributed by atoms with Crippen molar-refractivity contribution in [3.63, 3.8) is 0 Å². The smallest absolute Gasteiger partial charge is 0.242 e. The Morgan fingerprint density at radius 1 is 1.25 bits per heavy atom. The summed E-state index contributed by atoms with van der Waals surface area (Å²) in [6.45, 7) is 4.92. The standard InChI is InChI=1S/C20H24ClN5O.HI/c1-15-4-3-9-23-18(15)12-24-20(22-2)26-11-10-25(19(27)14-26)13-16-5-7-17(21)8-6-16;/h3-9H,10-14H2,1-2H3,(H,22,24);1H. The maximum Gasteiger partial charge on any atom is 0.242 e. The van der Waals surface area contributed by atoms with Gasteiger partial charge in [-0.05, 0) is 36.2 Å². The fourth-order valence-electron chi connectivity index (χ4n) is 3.07. The lowest BCUT2D eigenvalue weighted by Crippen LogP contribution is -2.54. The van der Waals surface area contributed by atoms with Crippen molar-refractivity contribution < 1.29 is 4.79 Å². The molecule has 1 aliphatic rings. The zero-order valence-electron chi connectivity index (χ0n) is 16.1. The van der Waals surface area contributed by atoms with E-state index in [-0.39, 0.29) is 29.9 Å². The van der Waals surface area contributed by atoms with Crippen LogP contribution in [-0.2, 0) is 17.9 Å². The number of aliphatic imine (C=N–C) groups is 1. The summed E-state index contributed by atoms with van der Waals surface area (Å²) in [5.74, 6) is 0.813. The normalized spacial score (nSPS) is 14.7. The highest BCUT2D eigenvalue weighted by Crippen LogP contribution is 2.14. The van der Waals surface area contributed by atoms with Crippen LogP contribution < -0.4 is 5.32 Å². The van der Waals surface area contributed by atoms with Crippen molar-refractivity contribution in [2.45, 2.75) is 20.0 Å². The molecule has 1 aromatic heterocycles. The molecule has 1 amide bonds. The van der Waals surface area contributed by atoms with Gasteiger partial charge in [-0.15, -0.1) is 24.0 Å². The molecule has 1 N–H and O–H groups in total. The predicted molar refractivity (Wildman–Crippen MR) is 123 cm³/mol. The SMILES string of the molecule is CN=C(NCc1ncccc1C)N1CCN(Cc2ccc(Cl)cc2)C(=O)C1.I. The molecule has 1 saturated heterocycles. The summed E-state index contributed by atoms with van der Waals surface area (Å²) < 4.78 is 0. The molecule has 28 heavy (non-hydrogen) atoms. The van der Waals surface area contributed by atoms with Crippen LogP contribution in [0.15, 0.2) is 47.6 Å². The van der Waals surface area contributed by atoms with E-state index in [0.717, 1.165) is 29.3 Å². The number of halogens is 2. The van der Waals surface area contributed by atoms with E-state index in [1.165, 1.54) is 0 Å². The molecular weight excluding hydrogens is 489 g/mol. The largest absolute Gasteiger partial charge is 0.351 e. The topological polar surface area (TPSA) is 60.8 Å². The number of benzene rings is 1. The van der Waals surface area contributed by atoms with Gasteiger partial charge in [0.1, 0.15) is 0 Å². The molecule has 0 saturated carbocycles. The Labute approximate surface area is 188 Å². The minimum absolute atomic E-state index is 0. The number of guanidine groups is 1. The molecule has 150 valence electrons. The van der Waals surface area contributed by atoms with Crippen LogP contribution in [-0.4, -0.2) is 53.3 Å². The van der Waals surface area contributed by atoms with Gasteiger partial charge in [0.15, 0.2) is 5.96 Å². The zero-order chi connectivity index (χ0) is 19.2. The van der Waals surface area contributed by atoms with Crippen LogP contribution in [0.3, 0.4) is 0 Å². The molecule has 1 fully saturated rings. The average Bonchev–Trinajstić information content (AvgIpc) is 2.67. The zero-order valence-corrected chi connectivity index (χ0v) is 19.1. The number of carbonyl (C=O) groups is 1. The summed E-state index contributed by atoms with van der Waals surface area (Å²) in [7, 11) is 1.73. The molecule has 2 heterocycles. The summed E-state index contributed by atoms with van der Waals surface area (Å²) in [4.78, 5) is 25.2. The van der Waals surface area contributed by atoms with Crippen molar-refractivity contribution in [1.29, 1.82) is 0 Å². The van der Waals surface area contributed by atoms with Gasteiger partial charge < -0.3 is 15.1 Å². The number of aromatic nitrogens is 1. The molecule has 2 aromatic rings. The van der Waals surface area contributed by atoms with Crippen LogP contribution in [0.4, 0.5) is 0 Å². The number of aryl methyl sites for hydroxylation is 1. The highest BCUT2D eigenvalue weighted by Gasteiger charge is 2.26. The Morgan fingerprint density at radius 2 is 2.00 bits per heavy atom. The van der Waals surface area contributed by atoms with Gasteiger partial charge in [-0.25, -0.2) is 0 Å². The monoisotopic (exact) mass is 513 g/mol. The fourth-order valence-corrected chi connectivity index (χ4v) is 3.19. The number of hydrogen-bond donors (Lipinski definition) is 1. The second-order valence-electron chi connectivity index (χ2n) is 6.53. The van der Waals surface area contributed by atoms with E-state index in [9.17, 15) is 4.79 Å². The molecule has 3 rings (SSSR count). The Balaban J connectivity index is 0.00000280. The number of nitrogens with zero attached hydrogens (tertiary/aromatic N) is 4. The first-order chi connectivity index (χ1) is 13.1. The van der Waals surface area contributed by atoms with E-state index in [4.69, 9.17) is 11.6 Å². The van der Waals surface area contributed by atoms with Crippen molar-refractivity contribution in [1.82, 2.24) is 20.1 Å². The molecule has 1 aliphatic heterocycles. The minimum atomic E-state index is 0. The molecule has 0 aliphatic carbocycles. The van der Waals surface area contributed by atoms with E-state index in [0.29, 0.717) is 31.2 Å². The van der Waals surface area contributed by atoms with Crippen molar-refractivity contribution in [2.75, 3.05) is 26.7 Å². The molecule has 8 heteroatoms. The highest BCUT2D eigenvalue weighted by atomic mass is 127. The van der Waals surface area contributed by atoms with Crippen LogP contribution in [0.1, 0.15) is 16.8 Å². The summed E-state index contributed by atoms with van der Waals surface area (Å²) in [5.41, 5.74) is 3.19. The van der Waals surface area contributed by atoms with Crippen molar-refractivity contribution >= 4 is 47.4 Å². The molecule has 0 atom stereocenters. The van der Waals surface area contributed by atoms with E-state index >= 15 is 0 Å². The number of carbonyl (C=O) groups excluding carboxylic acids is 1. The third-order valence-electron chi connectivity index (χ3n) is 4.65. The molecule has 0 spiro atoms. The van der Waals surface area contributed by atoms with Crippen molar-refractivity contribution in [2.24, 2.45) is 4.99 Å². The lowest BCUT2D eigenvalue weighted by Gasteiger charge is -2.36. The summed E-state index contributed by atoms with van der Waals surface area (Å²) in [5, 5.41) is 4.02. The number of rotatable bonds is 4. The summed E-state index contributed by atoms with van der Waals surface area (Å²) >= 11 is 5.92. The molecule has 0 bridgehead atoms. The average molecular weight is 514 g/mol. The van der Waals surface area contributed by atoms with Crippen LogP contribution >= 0.6 is 35.6 Å². The molecule has 0 radical (unpaired) electrons. The van der Waals surface area contributed by atoms with Gasteiger partial charge in [-0.2, -0.15) is 0 Å². The molecule has 0 unspecified atom stereocenters. The Bertz CT molecular complexity index is 828. The Morgan fingerprint density at radius 3 is 2.64 bits per heavy atom. The number of piperazine rings is 1. The van der Waals surface area contributed by atoms with Crippen LogP contribution in [0.2, 0.25) is 5.02 Å². The van der Waals surface area contributed by atoms with Gasteiger partial charge in [0.2, 0.25) is 5.91 Å². The Hall–Kier alpha value is -1.87. The molecule has 6 nitrogen and oxygen atoms in total. The first kappa shape index (κ1) is 22.4. The van der Waals surface area contributed by atoms with Gasteiger partial charge >= 0.3 is 0 Å². The first-order valence-electron chi connectivity index (χ1n) is 8.95. The third-order valence-corrected chi connectivity index (χ3v) is 4.90. The van der Waals surface area contributed by atoms with Gasteiger partial charge in [-0.3, -0.25) is 14.8 Å². The second-order valence-corrected chi connectivity index (χ2v) is 6.97.